The van der Waals surface area contributed by atoms with Crippen LogP contribution >= 0.6 is 51.9 Å². The molecule has 0 spiro atoms. The number of aryl methyl sites for hydroxylation is 1. The lowest BCUT2D eigenvalue weighted by atomic mass is 10.2. The molecule has 4 nitrogen and oxygen atoms in total. The fraction of sp³-hybridized carbons (Fsp3) is 0.130. The van der Waals surface area contributed by atoms with Crippen LogP contribution in [0.15, 0.2) is 66.0 Å². The number of methoxy groups -OCH3 is 1. The van der Waals surface area contributed by atoms with Gasteiger partial charge in [-0.2, -0.15) is 0 Å². The summed E-state index contributed by atoms with van der Waals surface area (Å²) in [7, 11) is 1.60. The zero-order valence-electron chi connectivity index (χ0n) is 17.0. The summed E-state index contributed by atoms with van der Waals surface area (Å²) < 4.78 is 11.0. The fourth-order valence-corrected chi connectivity index (χ4v) is 4.75. The molecule has 0 amide bonds. The molecule has 1 N–H and O–H groups in total. The van der Waals surface area contributed by atoms with Crippen molar-refractivity contribution in [1.82, 2.24) is 4.98 Å². The SMILES string of the molecule is Br.COC(=S)c1cc(-c2csc(Nc3ccc(OCc4ccccc4)cc3)n2)c(C)s1. The van der Waals surface area contributed by atoms with Crippen molar-refractivity contribution in [2.24, 2.45) is 0 Å². The number of hydrogen-bond donors (Lipinski definition) is 1. The third-order valence-electron chi connectivity index (χ3n) is 4.44. The van der Waals surface area contributed by atoms with Crippen molar-refractivity contribution in [2.75, 3.05) is 12.4 Å². The van der Waals surface area contributed by atoms with E-state index in [4.69, 9.17) is 26.7 Å². The average molecular weight is 534 g/mol. The molecule has 0 fully saturated rings. The molecule has 31 heavy (non-hydrogen) atoms. The summed E-state index contributed by atoms with van der Waals surface area (Å²) in [4.78, 5) is 6.85. The molecule has 0 unspecified atom stereocenters. The van der Waals surface area contributed by atoms with Crippen molar-refractivity contribution in [2.45, 2.75) is 13.5 Å². The Morgan fingerprint density at radius 2 is 1.84 bits per heavy atom. The van der Waals surface area contributed by atoms with Crippen LogP contribution in [0.5, 0.6) is 5.75 Å². The molecule has 2 aromatic heterocycles. The van der Waals surface area contributed by atoms with Gasteiger partial charge in [0, 0.05) is 21.5 Å². The number of benzene rings is 2. The number of nitrogens with one attached hydrogen (secondary N) is 1. The molecule has 0 radical (unpaired) electrons. The third-order valence-corrected chi connectivity index (χ3v) is 6.76. The molecule has 0 aliphatic carbocycles. The Bertz CT molecular complexity index is 1140. The predicted molar refractivity (Wildman–Crippen MR) is 140 cm³/mol. The predicted octanol–water partition coefficient (Wildman–Crippen LogP) is 7.40. The van der Waals surface area contributed by atoms with E-state index in [9.17, 15) is 0 Å². The van der Waals surface area contributed by atoms with E-state index >= 15 is 0 Å². The van der Waals surface area contributed by atoms with E-state index in [0.717, 1.165) is 38.3 Å². The van der Waals surface area contributed by atoms with Gasteiger partial charge in [0.15, 0.2) is 5.13 Å². The van der Waals surface area contributed by atoms with Gasteiger partial charge in [0.25, 0.3) is 0 Å². The van der Waals surface area contributed by atoms with Crippen molar-refractivity contribution in [3.63, 3.8) is 0 Å². The Balaban J connectivity index is 0.00000272. The van der Waals surface area contributed by atoms with Crippen LogP contribution in [0.2, 0.25) is 0 Å². The second-order valence-corrected chi connectivity index (χ2v) is 9.02. The quantitative estimate of drug-likeness (QED) is 0.251. The van der Waals surface area contributed by atoms with Gasteiger partial charge >= 0.3 is 0 Å². The second-order valence-electron chi connectivity index (χ2n) is 6.53. The zero-order valence-corrected chi connectivity index (χ0v) is 21.1. The smallest absolute Gasteiger partial charge is 0.201 e. The van der Waals surface area contributed by atoms with Crippen LogP contribution in [0.4, 0.5) is 10.8 Å². The maximum Gasteiger partial charge on any atom is 0.201 e. The van der Waals surface area contributed by atoms with Gasteiger partial charge in [-0.3, -0.25) is 0 Å². The van der Waals surface area contributed by atoms with Crippen molar-refractivity contribution in [1.29, 1.82) is 0 Å². The summed E-state index contributed by atoms with van der Waals surface area (Å²) in [5, 5.41) is 6.76. The lowest BCUT2D eigenvalue weighted by Gasteiger charge is -2.08. The van der Waals surface area contributed by atoms with E-state index in [2.05, 4.69) is 24.4 Å². The van der Waals surface area contributed by atoms with Gasteiger partial charge < -0.3 is 14.8 Å². The van der Waals surface area contributed by atoms with Gasteiger partial charge in [0.2, 0.25) is 5.05 Å². The minimum absolute atomic E-state index is 0. The van der Waals surface area contributed by atoms with E-state index < -0.39 is 0 Å². The monoisotopic (exact) mass is 532 g/mol. The summed E-state index contributed by atoms with van der Waals surface area (Å²) in [6.07, 6.45) is 0. The number of hydrogen-bond acceptors (Lipinski definition) is 7. The van der Waals surface area contributed by atoms with Crippen LogP contribution in [0.3, 0.4) is 0 Å². The molecule has 2 heterocycles. The van der Waals surface area contributed by atoms with Crippen LogP contribution in [0.1, 0.15) is 15.3 Å². The molecule has 0 saturated heterocycles. The lowest BCUT2D eigenvalue weighted by Crippen LogP contribution is -1.95. The number of aromatic nitrogens is 1. The Morgan fingerprint density at radius 3 is 2.55 bits per heavy atom. The number of thiocarbonyl (C=S) groups is 1. The molecular weight excluding hydrogens is 512 g/mol. The van der Waals surface area contributed by atoms with Crippen LogP contribution in [0, 0.1) is 6.92 Å². The standard InChI is InChI=1S/C23H20N2O2S3.BrH/c1-15-19(12-21(30-15)22(28)26-2)20-14-29-23(25-20)24-17-8-10-18(11-9-17)27-13-16-6-4-3-5-7-16;/h3-12,14H,13H2,1-2H3,(H,24,25);1H. The van der Waals surface area contributed by atoms with E-state index in [0.29, 0.717) is 11.7 Å². The molecule has 0 aliphatic rings. The number of anilines is 2. The molecule has 2 aromatic carbocycles. The first-order valence-electron chi connectivity index (χ1n) is 9.31. The van der Waals surface area contributed by atoms with Gasteiger partial charge in [-0.25, -0.2) is 4.98 Å². The number of halogens is 1. The topological polar surface area (TPSA) is 43.4 Å². The first-order chi connectivity index (χ1) is 14.6. The molecule has 0 aliphatic heterocycles. The minimum atomic E-state index is 0. The number of ether oxygens (including phenoxy) is 2. The fourth-order valence-electron chi connectivity index (χ4n) is 2.89. The average Bonchev–Trinajstić information content (AvgIpc) is 3.39. The van der Waals surface area contributed by atoms with Gasteiger partial charge in [-0.15, -0.1) is 39.7 Å². The third kappa shape index (κ3) is 5.92. The molecule has 8 heteroatoms. The summed E-state index contributed by atoms with van der Waals surface area (Å²) in [5.41, 5.74) is 4.13. The molecule has 4 rings (SSSR count). The van der Waals surface area contributed by atoms with Crippen molar-refractivity contribution in [3.8, 4) is 17.0 Å². The Hall–Kier alpha value is -2.26. The summed E-state index contributed by atoms with van der Waals surface area (Å²) in [6, 6.07) is 20.1. The lowest BCUT2D eigenvalue weighted by molar-refractivity contribution is 0.306. The molecule has 0 bridgehead atoms. The highest BCUT2D eigenvalue weighted by Gasteiger charge is 2.14. The summed E-state index contributed by atoms with van der Waals surface area (Å²) >= 11 is 8.44. The highest BCUT2D eigenvalue weighted by Crippen LogP contribution is 2.34. The van der Waals surface area contributed by atoms with E-state index in [-0.39, 0.29) is 17.0 Å². The van der Waals surface area contributed by atoms with E-state index in [1.807, 2.05) is 53.9 Å². The van der Waals surface area contributed by atoms with E-state index in [1.54, 1.807) is 29.8 Å². The maximum absolute atomic E-state index is 5.84. The molecule has 160 valence electrons. The van der Waals surface area contributed by atoms with Crippen LogP contribution in [0.25, 0.3) is 11.3 Å². The zero-order chi connectivity index (χ0) is 20.9. The largest absolute Gasteiger partial charge is 0.489 e. The number of thiazole rings is 1. The Kier molecular flexibility index (Phi) is 8.20. The number of thiophene rings is 1. The van der Waals surface area contributed by atoms with Crippen molar-refractivity contribution < 1.29 is 9.47 Å². The summed E-state index contributed by atoms with van der Waals surface area (Å²) in [6.45, 7) is 2.63. The second kappa shape index (κ2) is 10.9. The maximum atomic E-state index is 5.84. The van der Waals surface area contributed by atoms with Crippen molar-refractivity contribution in [3.05, 3.63) is 81.4 Å². The molecule has 0 atom stereocenters. The van der Waals surface area contributed by atoms with Crippen LogP contribution in [-0.4, -0.2) is 17.1 Å². The summed E-state index contributed by atoms with van der Waals surface area (Å²) in [5.74, 6) is 0.833. The molecule has 4 aromatic rings. The highest BCUT2D eigenvalue weighted by atomic mass is 79.9. The first-order valence-corrected chi connectivity index (χ1v) is 11.4. The normalized spacial score (nSPS) is 10.3. The van der Waals surface area contributed by atoms with Crippen LogP contribution in [-0.2, 0) is 11.3 Å². The Morgan fingerprint density at radius 1 is 1.10 bits per heavy atom. The number of nitrogens with zero attached hydrogens (tertiary/aromatic N) is 1. The molecular formula is C23H21BrN2O2S3. The number of rotatable bonds is 7. The first kappa shape index (κ1) is 23.4. The molecule has 0 saturated carbocycles. The van der Waals surface area contributed by atoms with Gasteiger partial charge in [-0.05, 0) is 55.0 Å². The van der Waals surface area contributed by atoms with Gasteiger partial charge in [0.1, 0.15) is 12.4 Å². The highest BCUT2D eigenvalue weighted by molar-refractivity contribution is 8.93. The van der Waals surface area contributed by atoms with Crippen LogP contribution < -0.4 is 10.1 Å². The van der Waals surface area contributed by atoms with Gasteiger partial charge in [0.05, 0.1) is 17.7 Å². The van der Waals surface area contributed by atoms with E-state index in [1.165, 1.54) is 4.88 Å². The van der Waals surface area contributed by atoms with Crippen molar-refractivity contribution >= 4 is 67.7 Å². The van der Waals surface area contributed by atoms with Gasteiger partial charge in [-0.1, -0.05) is 30.3 Å². The minimum Gasteiger partial charge on any atom is -0.489 e. The Labute approximate surface area is 205 Å².